The second-order valence-corrected chi connectivity index (χ2v) is 6.00. The molecule has 0 bridgehead atoms. The van der Waals surface area contributed by atoms with Gasteiger partial charge in [0.2, 0.25) is 0 Å². The fourth-order valence-corrected chi connectivity index (χ4v) is 2.96. The van der Waals surface area contributed by atoms with Crippen LogP contribution in [0.2, 0.25) is 0 Å². The zero-order valence-corrected chi connectivity index (χ0v) is 11.5. The largest absolute Gasteiger partial charge is 0.378 e. The van der Waals surface area contributed by atoms with Crippen molar-refractivity contribution in [1.29, 1.82) is 0 Å². The quantitative estimate of drug-likeness (QED) is 0.781. The number of ether oxygens (including phenoxy) is 1. The molecule has 0 aliphatic carbocycles. The molecule has 0 saturated carbocycles. The van der Waals surface area contributed by atoms with Crippen molar-refractivity contribution < 1.29 is 4.74 Å². The third kappa shape index (κ3) is 4.33. The minimum Gasteiger partial charge on any atom is -0.378 e. The van der Waals surface area contributed by atoms with Gasteiger partial charge >= 0.3 is 0 Å². The Kier molecular flexibility index (Phi) is 4.88. The lowest BCUT2D eigenvalue weighted by molar-refractivity contribution is 0.0995. The predicted molar refractivity (Wildman–Crippen MR) is 69.2 cm³/mol. The Bertz CT molecular complexity index is 336. The number of hydrogen-bond donors (Lipinski definition) is 0. The first-order valence-electron chi connectivity index (χ1n) is 6.33. The lowest BCUT2D eigenvalue weighted by Gasteiger charge is -2.16. The summed E-state index contributed by atoms with van der Waals surface area (Å²) in [6, 6.07) is 0. The molecular formula is C12H21N3OS. The molecule has 1 aromatic heterocycles. The van der Waals surface area contributed by atoms with Crippen LogP contribution in [-0.2, 0) is 11.3 Å². The van der Waals surface area contributed by atoms with E-state index >= 15 is 0 Å². The molecule has 0 spiro atoms. The van der Waals surface area contributed by atoms with E-state index in [0.717, 1.165) is 29.7 Å². The first kappa shape index (κ1) is 12.9. The molecule has 0 N–H and O–H groups in total. The highest BCUT2D eigenvalue weighted by Crippen LogP contribution is 2.17. The second kappa shape index (κ2) is 6.42. The third-order valence-corrected chi connectivity index (χ3v) is 3.89. The molecule has 2 rings (SSSR count). The molecule has 0 amide bonds. The Labute approximate surface area is 107 Å². The molecule has 5 heteroatoms. The van der Waals surface area contributed by atoms with Crippen molar-refractivity contribution >= 4 is 11.3 Å². The van der Waals surface area contributed by atoms with E-state index in [2.05, 4.69) is 22.1 Å². The van der Waals surface area contributed by atoms with Crippen molar-refractivity contribution in [3.8, 4) is 0 Å². The van der Waals surface area contributed by atoms with E-state index in [1.54, 1.807) is 11.3 Å². The van der Waals surface area contributed by atoms with Gasteiger partial charge < -0.3 is 4.74 Å². The van der Waals surface area contributed by atoms with Crippen molar-refractivity contribution in [3.63, 3.8) is 0 Å². The van der Waals surface area contributed by atoms with Crippen LogP contribution in [0, 0.1) is 6.92 Å². The molecule has 0 unspecified atom stereocenters. The highest BCUT2D eigenvalue weighted by atomic mass is 32.1. The molecule has 17 heavy (non-hydrogen) atoms. The first-order chi connectivity index (χ1) is 8.24. The van der Waals surface area contributed by atoms with Crippen molar-refractivity contribution in [2.24, 2.45) is 0 Å². The molecule has 1 aliphatic heterocycles. The molecule has 1 aromatic rings. The summed E-state index contributed by atoms with van der Waals surface area (Å²) < 4.78 is 5.62. The molecule has 4 nitrogen and oxygen atoms in total. The van der Waals surface area contributed by atoms with E-state index in [1.807, 2.05) is 6.92 Å². The maximum atomic E-state index is 5.62. The fraction of sp³-hybridized carbons (Fsp3) is 0.833. The van der Waals surface area contributed by atoms with Gasteiger partial charge in [-0.2, -0.15) is 0 Å². The molecule has 96 valence electrons. The van der Waals surface area contributed by atoms with Gasteiger partial charge in [0.25, 0.3) is 0 Å². The van der Waals surface area contributed by atoms with Crippen LogP contribution in [0.1, 0.15) is 35.7 Å². The van der Waals surface area contributed by atoms with Gasteiger partial charge in [0.15, 0.2) is 0 Å². The zero-order valence-electron chi connectivity index (χ0n) is 10.7. The van der Waals surface area contributed by atoms with Gasteiger partial charge in [0.1, 0.15) is 10.0 Å². The lowest BCUT2D eigenvalue weighted by atomic mass is 10.1. The van der Waals surface area contributed by atoms with Gasteiger partial charge in [0.05, 0.1) is 12.6 Å². The summed E-state index contributed by atoms with van der Waals surface area (Å²) in [6.45, 7) is 4.98. The van der Waals surface area contributed by atoms with Gasteiger partial charge in [0, 0.05) is 6.61 Å². The topological polar surface area (TPSA) is 38.2 Å². The van der Waals surface area contributed by atoms with E-state index in [4.69, 9.17) is 4.74 Å². The monoisotopic (exact) mass is 255 g/mol. The molecular weight excluding hydrogens is 234 g/mol. The molecule has 0 radical (unpaired) electrons. The van der Waals surface area contributed by atoms with Gasteiger partial charge in [-0.3, -0.25) is 4.90 Å². The Hall–Kier alpha value is -0.520. The van der Waals surface area contributed by atoms with Crippen molar-refractivity contribution in [3.05, 3.63) is 10.0 Å². The molecule has 1 aliphatic rings. The summed E-state index contributed by atoms with van der Waals surface area (Å²) in [5.41, 5.74) is 0. The van der Waals surface area contributed by atoms with Crippen LogP contribution >= 0.6 is 11.3 Å². The predicted octanol–water partition coefficient (Wildman–Crippen LogP) is 2.24. The van der Waals surface area contributed by atoms with Gasteiger partial charge in [-0.15, -0.1) is 21.5 Å². The number of rotatable bonds is 6. The van der Waals surface area contributed by atoms with Crippen LogP contribution in [0.15, 0.2) is 0 Å². The average molecular weight is 255 g/mol. The average Bonchev–Trinajstić information content (AvgIpc) is 2.90. The molecule has 1 atom stereocenters. The summed E-state index contributed by atoms with van der Waals surface area (Å²) in [6.07, 6.45) is 5.41. The maximum Gasteiger partial charge on any atom is 0.131 e. The standard InChI is InChI=1S/C12H21N3OS/c1-10-13-14-12(17-10)9-15(2)7-3-5-11-6-4-8-16-11/h11H,3-9H2,1-2H3/t11-/m1/s1. The molecule has 2 heterocycles. The van der Waals surface area contributed by atoms with E-state index < -0.39 is 0 Å². The van der Waals surface area contributed by atoms with Crippen LogP contribution in [0.25, 0.3) is 0 Å². The Morgan fingerprint density at radius 2 is 2.35 bits per heavy atom. The number of nitrogens with zero attached hydrogens (tertiary/aromatic N) is 3. The van der Waals surface area contributed by atoms with Crippen molar-refractivity contribution in [2.45, 2.75) is 45.3 Å². The molecule has 0 aromatic carbocycles. The minimum atomic E-state index is 0.521. The van der Waals surface area contributed by atoms with Crippen molar-refractivity contribution in [2.75, 3.05) is 20.2 Å². The normalized spacial score (nSPS) is 20.3. The van der Waals surface area contributed by atoms with Crippen LogP contribution in [-0.4, -0.2) is 41.4 Å². The van der Waals surface area contributed by atoms with Crippen LogP contribution in [0.5, 0.6) is 0 Å². The fourth-order valence-electron chi connectivity index (χ4n) is 2.17. The van der Waals surface area contributed by atoms with Gasteiger partial charge in [-0.05, 0) is 46.2 Å². The number of hydrogen-bond acceptors (Lipinski definition) is 5. The highest BCUT2D eigenvalue weighted by molar-refractivity contribution is 7.11. The highest BCUT2D eigenvalue weighted by Gasteiger charge is 2.15. The Morgan fingerprint density at radius 3 is 3.00 bits per heavy atom. The zero-order chi connectivity index (χ0) is 12.1. The lowest BCUT2D eigenvalue weighted by Crippen LogP contribution is -2.20. The summed E-state index contributed by atoms with van der Waals surface area (Å²) in [5.74, 6) is 0. The van der Waals surface area contributed by atoms with Gasteiger partial charge in [-0.1, -0.05) is 0 Å². The summed E-state index contributed by atoms with van der Waals surface area (Å²) in [4.78, 5) is 2.31. The Balaban J connectivity index is 1.61. The van der Waals surface area contributed by atoms with E-state index in [0.29, 0.717) is 6.10 Å². The van der Waals surface area contributed by atoms with Crippen molar-refractivity contribution in [1.82, 2.24) is 15.1 Å². The maximum absolute atomic E-state index is 5.62. The minimum absolute atomic E-state index is 0.521. The SMILES string of the molecule is Cc1nnc(CN(C)CCC[C@@H]2CCCO2)s1. The smallest absolute Gasteiger partial charge is 0.131 e. The third-order valence-electron chi connectivity index (χ3n) is 3.06. The summed E-state index contributed by atoms with van der Waals surface area (Å²) in [5, 5.41) is 10.3. The van der Waals surface area contributed by atoms with E-state index in [-0.39, 0.29) is 0 Å². The first-order valence-corrected chi connectivity index (χ1v) is 7.15. The van der Waals surface area contributed by atoms with E-state index in [1.165, 1.54) is 25.7 Å². The molecule has 1 saturated heterocycles. The summed E-state index contributed by atoms with van der Waals surface area (Å²) >= 11 is 1.69. The second-order valence-electron chi connectivity index (χ2n) is 4.73. The summed E-state index contributed by atoms with van der Waals surface area (Å²) in [7, 11) is 2.15. The van der Waals surface area contributed by atoms with Crippen LogP contribution < -0.4 is 0 Å². The van der Waals surface area contributed by atoms with Crippen LogP contribution in [0.3, 0.4) is 0 Å². The molecule has 1 fully saturated rings. The number of aromatic nitrogens is 2. The van der Waals surface area contributed by atoms with Crippen LogP contribution in [0.4, 0.5) is 0 Å². The number of aryl methyl sites for hydroxylation is 1. The van der Waals surface area contributed by atoms with E-state index in [9.17, 15) is 0 Å². The Morgan fingerprint density at radius 1 is 1.47 bits per heavy atom. The van der Waals surface area contributed by atoms with Gasteiger partial charge in [-0.25, -0.2) is 0 Å².